The summed E-state index contributed by atoms with van der Waals surface area (Å²) in [5, 5.41) is 10.9. The van der Waals surface area contributed by atoms with Crippen LogP contribution in [0.25, 0.3) is 0 Å². The maximum atomic E-state index is 10.7. The quantitative estimate of drug-likeness (QED) is 0.680. The van der Waals surface area contributed by atoms with Crippen LogP contribution >= 0.6 is 11.6 Å². The van der Waals surface area contributed by atoms with E-state index >= 15 is 0 Å². The molecule has 2 rings (SSSR count). The Bertz CT molecular complexity index is 459. The van der Waals surface area contributed by atoms with E-state index in [9.17, 15) is 10.1 Å². The molecule has 0 bridgehead atoms. The molecule has 0 atom stereocenters. The van der Waals surface area contributed by atoms with Crippen LogP contribution in [-0.4, -0.2) is 29.5 Å². The normalized spacial score (nSPS) is 17.6. The Hall–Kier alpha value is -1.17. The third kappa shape index (κ3) is 3.65. The van der Waals surface area contributed by atoms with E-state index < -0.39 is 4.92 Å². The molecule has 1 saturated heterocycles. The van der Waals surface area contributed by atoms with Crippen molar-refractivity contribution in [3.63, 3.8) is 0 Å². The number of piperidine rings is 1. The van der Waals surface area contributed by atoms with Gasteiger partial charge in [-0.3, -0.25) is 15.0 Å². The zero-order valence-electron chi connectivity index (χ0n) is 10.7. The van der Waals surface area contributed by atoms with Crippen molar-refractivity contribution in [2.75, 3.05) is 19.6 Å². The number of benzene rings is 1. The Kier molecular flexibility index (Phi) is 4.74. The fourth-order valence-corrected chi connectivity index (χ4v) is 2.71. The topological polar surface area (TPSA) is 72.4 Å². The highest BCUT2D eigenvalue weighted by molar-refractivity contribution is 6.32. The first-order chi connectivity index (χ1) is 9.10. The van der Waals surface area contributed by atoms with Crippen molar-refractivity contribution < 1.29 is 4.92 Å². The minimum absolute atomic E-state index is 0.0349. The summed E-state index contributed by atoms with van der Waals surface area (Å²) in [5.41, 5.74) is 6.65. The van der Waals surface area contributed by atoms with Gasteiger partial charge in [0.25, 0.3) is 5.69 Å². The van der Waals surface area contributed by atoms with E-state index in [4.69, 9.17) is 17.3 Å². The van der Waals surface area contributed by atoms with Gasteiger partial charge in [0.15, 0.2) is 0 Å². The SMILES string of the molecule is NCC1CCN(Cc2ccc([N+](=O)[O-])c(Cl)c2)CC1. The van der Waals surface area contributed by atoms with Crippen molar-refractivity contribution in [2.45, 2.75) is 19.4 Å². The highest BCUT2D eigenvalue weighted by Crippen LogP contribution is 2.26. The molecule has 0 aliphatic carbocycles. The zero-order valence-corrected chi connectivity index (χ0v) is 11.5. The number of halogens is 1. The Morgan fingerprint density at radius 2 is 2.11 bits per heavy atom. The molecule has 6 heteroatoms. The lowest BCUT2D eigenvalue weighted by Gasteiger charge is -2.31. The molecule has 2 N–H and O–H groups in total. The van der Waals surface area contributed by atoms with Gasteiger partial charge in [0.2, 0.25) is 0 Å². The van der Waals surface area contributed by atoms with Crippen molar-refractivity contribution in [1.82, 2.24) is 4.90 Å². The Balaban J connectivity index is 1.97. The predicted molar refractivity (Wildman–Crippen MR) is 75.2 cm³/mol. The molecule has 1 aliphatic rings. The van der Waals surface area contributed by atoms with Crippen LogP contribution in [0.15, 0.2) is 18.2 Å². The summed E-state index contributed by atoms with van der Waals surface area (Å²) >= 11 is 5.91. The predicted octanol–water partition coefficient (Wildman–Crippen LogP) is 2.42. The summed E-state index contributed by atoms with van der Waals surface area (Å²) in [4.78, 5) is 12.6. The summed E-state index contributed by atoms with van der Waals surface area (Å²) in [6.07, 6.45) is 2.24. The first-order valence-electron chi connectivity index (χ1n) is 6.45. The summed E-state index contributed by atoms with van der Waals surface area (Å²) in [5.74, 6) is 0.636. The summed E-state index contributed by atoms with van der Waals surface area (Å²) in [6.45, 7) is 3.60. The van der Waals surface area contributed by atoms with Gasteiger partial charge in [0, 0.05) is 12.6 Å². The van der Waals surface area contributed by atoms with E-state index in [1.165, 1.54) is 6.07 Å². The van der Waals surface area contributed by atoms with Crippen LogP contribution in [0.2, 0.25) is 5.02 Å². The van der Waals surface area contributed by atoms with Crippen molar-refractivity contribution >= 4 is 17.3 Å². The van der Waals surface area contributed by atoms with Crippen molar-refractivity contribution in [3.8, 4) is 0 Å². The minimum Gasteiger partial charge on any atom is -0.330 e. The molecule has 1 heterocycles. The molecule has 0 unspecified atom stereocenters. The number of nitrogens with two attached hydrogens (primary N) is 1. The van der Waals surface area contributed by atoms with Crippen LogP contribution in [0.5, 0.6) is 0 Å². The zero-order chi connectivity index (χ0) is 13.8. The number of nitro benzene ring substituents is 1. The number of likely N-dealkylation sites (tertiary alicyclic amines) is 1. The molecule has 0 aromatic heterocycles. The van der Waals surface area contributed by atoms with Crippen LogP contribution in [0.4, 0.5) is 5.69 Å². The Labute approximate surface area is 117 Å². The van der Waals surface area contributed by atoms with E-state index in [-0.39, 0.29) is 10.7 Å². The number of nitro groups is 1. The van der Waals surface area contributed by atoms with Gasteiger partial charge in [0.05, 0.1) is 4.92 Å². The second kappa shape index (κ2) is 6.32. The number of nitrogens with zero attached hydrogens (tertiary/aromatic N) is 2. The summed E-state index contributed by atoms with van der Waals surface area (Å²) in [7, 11) is 0. The molecular formula is C13H18ClN3O2. The van der Waals surface area contributed by atoms with Gasteiger partial charge in [-0.15, -0.1) is 0 Å². The number of hydrogen-bond donors (Lipinski definition) is 1. The first-order valence-corrected chi connectivity index (χ1v) is 6.83. The lowest BCUT2D eigenvalue weighted by molar-refractivity contribution is -0.384. The maximum absolute atomic E-state index is 10.7. The lowest BCUT2D eigenvalue weighted by Crippen LogP contribution is -2.35. The van der Waals surface area contributed by atoms with Crippen LogP contribution in [-0.2, 0) is 6.54 Å². The number of rotatable bonds is 4. The molecule has 0 spiro atoms. The molecule has 0 radical (unpaired) electrons. The summed E-state index contributed by atoms with van der Waals surface area (Å²) in [6, 6.07) is 4.94. The molecule has 5 nitrogen and oxygen atoms in total. The van der Waals surface area contributed by atoms with Gasteiger partial charge in [-0.25, -0.2) is 0 Å². The monoisotopic (exact) mass is 283 g/mol. The smallest absolute Gasteiger partial charge is 0.287 e. The van der Waals surface area contributed by atoms with Crippen molar-refractivity contribution in [2.24, 2.45) is 11.7 Å². The molecule has 0 saturated carbocycles. The average Bonchev–Trinajstić information content (AvgIpc) is 2.39. The van der Waals surface area contributed by atoms with E-state index in [0.717, 1.165) is 44.6 Å². The van der Waals surface area contributed by atoms with Crippen LogP contribution in [0.1, 0.15) is 18.4 Å². The Morgan fingerprint density at radius 3 is 2.63 bits per heavy atom. The molecule has 1 aromatic rings. The van der Waals surface area contributed by atoms with Crippen molar-refractivity contribution in [1.29, 1.82) is 0 Å². The van der Waals surface area contributed by atoms with E-state index in [1.54, 1.807) is 12.1 Å². The third-order valence-corrected chi connectivity index (χ3v) is 3.96. The molecule has 1 aliphatic heterocycles. The Morgan fingerprint density at radius 1 is 1.42 bits per heavy atom. The van der Waals surface area contributed by atoms with Gasteiger partial charge in [-0.1, -0.05) is 17.7 Å². The van der Waals surface area contributed by atoms with Crippen LogP contribution < -0.4 is 5.73 Å². The largest absolute Gasteiger partial charge is 0.330 e. The summed E-state index contributed by atoms with van der Waals surface area (Å²) < 4.78 is 0. The average molecular weight is 284 g/mol. The van der Waals surface area contributed by atoms with Gasteiger partial charge < -0.3 is 5.73 Å². The lowest BCUT2D eigenvalue weighted by atomic mass is 9.97. The maximum Gasteiger partial charge on any atom is 0.287 e. The second-order valence-corrected chi connectivity index (χ2v) is 5.41. The molecular weight excluding hydrogens is 266 g/mol. The van der Waals surface area contributed by atoms with Gasteiger partial charge >= 0.3 is 0 Å². The standard InChI is InChI=1S/C13H18ClN3O2/c14-12-7-11(1-2-13(12)17(18)19)9-16-5-3-10(8-15)4-6-16/h1-2,7,10H,3-6,8-9,15H2. The fourth-order valence-electron chi connectivity index (χ4n) is 2.44. The molecule has 1 fully saturated rings. The number of hydrogen-bond acceptors (Lipinski definition) is 4. The first kappa shape index (κ1) is 14.2. The highest BCUT2D eigenvalue weighted by Gasteiger charge is 2.19. The molecule has 19 heavy (non-hydrogen) atoms. The molecule has 1 aromatic carbocycles. The molecule has 0 amide bonds. The van der Waals surface area contributed by atoms with E-state index in [1.807, 2.05) is 0 Å². The fraction of sp³-hybridized carbons (Fsp3) is 0.538. The van der Waals surface area contributed by atoms with Crippen LogP contribution in [0, 0.1) is 16.0 Å². The minimum atomic E-state index is -0.459. The van der Waals surface area contributed by atoms with Gasteiger partial charge in [-0.2, -0.15) is 0 Å². The van der Waals surface area contributed by atoms with Gasteiger partial charge in [-0.05, 0) is 50.0 Å². The van der Waals surface area contributed by atoms with Crippen LogP contribution in [0.3, 0.4) is 0 Å². The third-order valence-electron chi connectivity index (χ3n) is 3.66. The second-order valence-electron chi connectivity index (χ2n) is 5.00. The van der Waals surface area contributed by atoms with Gasteiger partial charge in [0.1, 0.15) is 5.02 Å². The van der Waals surface area contributed by atoms with E-state index in [0.29, 0.717) is 5.92 Å². The van der Waals surface area contributed by atoms with Crippen molar-refractivity contribution in [3.05, 3.63) is 38.9 Å². The van der Waals surface area contributed by atoms with E-state index in [2.05, 4.69) is 4.90 Å². The molecule has 104 valence electrons. The highest BCUT2D eigenvalue weighted by atomic mass is 35.5.